The second-order valence-electron chi connectivity index (χ2n) is 6.52. The van der Waals surface area contributed by atoms with Crippen molar-refractivity contribution in [3.8, 4) is 0 Å². The van der Waals surface area contributed by atoms with Gasteiger partial charge in [-0.05, 0) is 12.8 Å². The Labute approximate surface area is 113 Å². The fraction of sp³-hybridized carbons (Fsp3) is 0.667. The lowest BCUT2D eigenvalue weighted by Gasteiger charge is -2.19. The van der Waals surface area contributed by atoms with Gasteiger partial charge in [0.1, 0.15) is 0 Å². The molecule has 0 N–H and O–H groups in total. The SMILES string of the molecule is CC(C)(C)c1csc2nc(C3CCCCC3)cn12. The molecule has 0 amide bonds. The van der Waals surface area contributed by atoms with Crippen LogP contribution in [0.2, 0.25) is 0 Å². The summed E-state index contributed by atoms with van der Waals surface area (Å²) in [6, 6.07) is 0. The van der Waals surface area contributed by atoms with Gasteiger partial charge in [-0.25, -0.2) is 4.98 Å². The van der Waals surface area contributed by atoms with Crippen molar-refractivity contribution in [2.75, 3.05) is 0 Å². The molecule has 1 fully saturated rings. The average Bonchev–Trinajstić information content (AvgIpc) is 2.87. The topological polar surface area (TPSA) is 17.3 Å². The lowest BCUT2D eigenvalue weighted by atomic mass is 9.87. The van der Waals surface area contributed by atoms with Crippen molar-refractivity contribution in [2.24, 2.45) is 0 Å². The number of imidazole rings is 1. The molecule has 0 aromatic carbocycles. The minimum Gasteiger partial charge on any atom is -0.294 e. The van der Waals surface area contributed by atoms with Crippen LogP contribution >= 0.6 is 11.3 Å². The molecule has 3 rings (SSSR count). The molecule has 0 unspecified atom stereocenters. The molecule has 18 heavy (non-hydrogen) atoms. The fourth-order valence-electron chi connectivity index (χ4n) is 2.93. The van der Waals surface area contributed by atoms with Crippen LogP contribution in [0.1, 0.15) is 70.2 Å². The minimum absolute atomic E-state index is 0.197. The van der Waals surface area contributed by atoms with Crippen molar-refractivity contribution in [1.29, 1.82) is 0 Å². The maximum Gasteiger partial charge on any atom is 0.194 e. The average molecular weight is 262 g/mol. The Hall–Kier alpha value is -0.830. The normalized spacial score (nSPS) is 18.6. The highest BCUT2D eigenvalue weighted by molar-refractivity contribution is 7.15. The molecule has 98 valence electrons. The molecule has 2 nitrogen and oxygen atoms in total. The third-order valence-corrected chi connectivity index (χ3v) is 4.86. The maximum atomic E-state index is 4.85. The molecule has 2 aromatic heterocycles. The molecule has 0 aliphatic heterocycles. The van der Waals surface area contributed by atoms with E-state index in [9.17, 15) is 0 Å². The largest absolute Gasteiger partial charge is 0.294 e. The molecule has 3 heteroatoms. The Morgan fingerprint density at radius 1 is 1.22 bits per heavy atom. The van der Waals surface area contributed by atoms with Crippen molar-refractivity contribution < 1.29 is 0 Å². The number of nitrogens with zero attached hydrogens (tertiary/aromatic N) is 2. The Kier molecular flexibility index (Phi) is 2.97. The van der Waals surface area contributed by atoms with E-state index in [4.69, 9.17) is 4.98 Å². The number of aromatic nitrogens is 2. The Morgan fingerprint density at radius 3 is 2.61 bits per heavy atom. The Bertz CT molecular complexity index is 538. The molecule has 2 heterocycles. The van der Waals surface area contributed by atoms with Crippen LogP contribution in [0, 0.1) is 0 Å². The summed E-state index contributed by atoms with van der Waals surface area (Å²) in [5.41, 5.74) is 2.91. The van der Waals surface area contributed by atoms with E-state index in [2.05, 4.69) is 36.7 Å². The van der Waals surface area contributed by atoms with Crippen molar-refractivity contribution in [2.45, 2.75) is 64.2 Å². The van der Waals surface area contributed by atoms with Gasteiger partial charge in [0.15, 0.2) is 4.96 Å². The van der Waals surface area contributed by atoms with Gasteiger partial charge >= 0.3 is 0 Å². The van der Waals surface area contributed by atoms with Gasteiger partial charge in [-0.1, -0.05) is 40.0 Å². The second-order valence-corrected chi connectivity index (χ2v) is 7.36. The quantitative estimate of drug-likeness (QED) is 0.725. The van der Waals surface area contributed by atoms with Gasteiger partial charge in [-0.3, -0.25) is 4.40 Å². The zero-order valence-corrected chi connectivity index (χ0v) is 12.4. The Morgan fingerprint density at radius 2 is 1.94 bits per heavy atom. The monoisotopic (exact) mass is 262 g/mol. The summed E-state index contributed by atoms with van der Waals surface area (Å²) in [5, 5.41) is 2.26. The van der Waals surface area contributed by atoms with Crippen molar-refractivity contribution in [3.05, 3.63) is 23.0 Å². The summed E-state index contributed by atoms with van der Waals surface area (Å²) in [6.07, 6.45) is 9.11. The van der Waals surface area contributed by atoms with Crippen LogP contribution in [0.3, 0.4) is 0 Å². The molecule has 1 aliphatic rings. The molecule has 0 spiro atoms. The van der Waals surface area contributed by atoms with E-state index in [-0.39, 0.29) is 5.41 Å². The molecule has 1 saturated carbocycles. The molecule has 0 saturated heterocycles. The van der Waals surface area contributed by atoms with Crippen LogP contribution in [-0.4, -0.2) is 9.38 Å². The number of thiazole rings is 1. The second kappa shape index (κ2) is 4.37. The van der Waals surface area contributed by atoms with Gasteiger partial charge in [0.2, 0.25) is 0 Å². The zero-order chi connectivity index (χ0) is 12.8. The van der Waals surface area contributed by atoms with E-state index >= 15 is 0 Å². The van der Waals surface area contributed by atoms with Crippen LogP contribution in [-0.2, 0) is 5.41 Å². The highest BCUT2D eigenvalue weighted by atomic mass is 32.1. The van der Waals surface area contributed by atoms with Gasteiger partial charge in [-0.15, -0.1) is 11.3 Å². The van der Waals surface area contributed by atoms with E-state index in [1.807, 2.05) is 0 Å². The molecular formula is C15H22N2S. The summed E-state index contributed by atoms with van der Waals surface area (Å²) in [6.45, 7) is 6.82. The first-order valence-corrected chi connectivity index (χ1v) is 7.90. The summed E-state index contributed by atoms with van der Waals surface area (Å²) in [7, 11) is 0. The summed E-state index contributed by atoms with van der Waals surface area (Å²) >= 11 is 1.78. The van der Waals surface area contributed by atoms with Gasteiger partial charge < -0.3 is 0 Å². The lowest BCUT2D eigenvalue weighted by Crippen LogP contribution is -2.13. The van der Waals surface area contributed by atoms with Crippen molar-refractivity contribution in [1.82, 2.24) is 9.38 Å². The van der Waals surface area contributed by atoms with E-state index in [0.717, 1.165) is 0 Å². The predicted octanol–water partition coefficient (Wildman–Crippen LogP) is 4.74. The first-order chi connectivity index (χ1) is 8.55. The van der Waals surface area contributed by atoms with Gasteiger partial charge in [0, 0.05) is 28.6 Å². The predicted molar refractivity (Wildman–Crippen MR) is 77.6 cm³/mol. The van der Waals surface area contributed by atoms with Gasteiger partial charge in [0.05, 0.1) is 5.69 Å². The summed E-state index contributed by atoms with van der Waals surface area (Å²) in [4.78, 5) is 6.02. The van der Waals surface area contributed by atoms with Crippen LogP contribution in [0.15, 0.2) is 11.6 Å². The molecule has 1 aliphatic carbocycles. The van der Waals surface area contributed by atoms with E-state index < -0.39 is 0 Å². The molecule has 2 aromatic rings. The third-order valence-electron chi connectivity index (χ3n) is 4.02. The van der Waals surface area contributed by atoms with Crippen molar-refractivity contribution >= 4 is 16.3 Å². The molecule has 0 radical (unpaired) electrons. The lowest BCUT2D eigenvalue weighted by molar-refractivity contribution is 0.438. The highest BCUT2D eigenvalue weighted by Crippen LogP contribution is 2.34. The fourth-order valence-corrected chi connectivity index (χ4v) is 4.04. The molecule has 0 atom stereocenters. The summed E-state index contributed by atoms with van der Waals surface area (Å²) in [5.74, 6) is 0.707. The smallest absolute Gasteiger partial charge is 0.194 e. The minimum atomic E-state index is 0.197. The molecule has 0 bridgehead atoms. The maximum absolute atomic E-state index is 4.85. The van der Waals surface area contributed by atoms with Crippen LogP contribution in [0.4, 0.5) is 0 Å². The number of hydrogen-bond acceptors (Lipinski definition) is 2. The van der Waals surface area contributed by atoms with Gasteiger partial charge in [0.25, 0.3) is 0 Å². The number of hydrogen-bond donors (Lipinski definition) is 0. The van der Waals surface area contributed by atoms with Crippen LogP contribution in [0.25, 0.3) is 4.96 Å². The first kappa shape index (κ1) is 12.2. The van der Waals surface area contributed by atoms with E-state index in [1.54, 1.807) is 11.3 Å². The summed E-state index contributed by atoms with van der Waals surface area (Å²) < 4.78 is 2.31. The van der Waals surface area contributed by atoms with Crippen LogP contribution < -0.4 is 0 Å². The third kappa shape index (κ3) is 2.09. The van der Waals surface area contributed by atoms with Gasteiger partial charge in [-0.2, -0.15) is 0 Å². The molecular weight excluding hydrogens is 240 g/mol. The van der Waals surface area contributed by atoms with Crippen molar-refractivity contribution in [3.63, 3.8) is 0 Å². The number of rotatable bonds is 1. The standard InChI is InChI=1S/C15H22N2S/c1-15(2,3)13-10-18-14-16-12(9-17(13)14)11-7-5-4-6-8-11/h9-11H,4-8H2,1-3H3. The highest BCUT2D eigenvalue weighted by Gasteiger charge is 2.23. The first-order valence-electron chi connectivity index (χ1n) is 7.02. The van der Waals surface area contributed by atoms with Crippen LogP contribution in [0.5, 0.6) is 0 Å². The van der Waals surface area contributed by atoms with E-state index in [0.29, 0.717) is 5.92 Å². The Balaban J connectivity index is 1.98. The number of fused-ring (bicyclic) bond motifs is 1. The zero-order valence-electron chi connectivity index (χ0n) is 11.6. The van der Waals surface area contributed by atoms with E-state index in [1.165, 1.54) is 48.5 Å².